The van der Waals surface area contributed by atoms with Crippen LogP contribution in [0.15, 0.2) is 24.3 Å². The van der Waals surface area contributed by atoms with Gasteiger partial charge in [0.05, 0.1) is 13.2 Å². The van der Waals surface area contributed by atoms with E-state index in [1.165, 1.54) is 11.1 Å². The molecule has 0 unspecified atom stereocenters. The Bertz CT molecular complexity index is 380. The van der Waals surface area contributed by atoms with E-state index in [-0.39, 0.29) is 10.8 Å². The molecule has 0 spiro atoms. The Hall–Kier alpha value is -0.860. The number of nitrogens with two attached hydrogens (primary N) is 1. The van der Waals surface area contributed by atoms with Gasteiger partial charge in [0.2, 0.25) is 0 Å². The van der Waals surface area contributed by atoms with E-state index < -0.39 is 0 Å². The standard InChI is InChI=1S/C14H21NO/c1-11-6-4-5-7-12(11)14(9-16-10-14)13(2,3)8-15/h4-7H,8-10,15H2,1-3H3. The van der Waals surface area contributed by atoms with E-state index in [1.807, 2.05) is 0 Å². The molecule has 88 valence electrons. The Balaban J connectivity index is 2.47. The Morgan fingerprint density at radius 3 is 2.38 bits per heavy atom. The molecule has 0 aliphatic carbocycles. The Kier molecular flexibility index (Phi) is 2.81. The summed E-state index contributed by atoms with van der Waals surface area (Å²) in [6, 6.07) is 8.58. The maximum atomic E-state index is 5.93. The molecule has 0 aromatic heterocycles. The van der Waals surface area contributed by atoms with E-state index in [2.05, 4.69) is 45.0 Å². The molecule has 0 amide bonds. The number of aryl methyl sites for hydroxylation is 1. The first-order chi connectivity index (χ1) is 7.53. The molecule has 1 heterocycles. The predicted octanol–water partition coefficient (Wildman–Crippen LogP) is 2.25. The normalized spacial score (nSPS) is 19.2. The molecule has 0 bridgehead atoms. The first-order valence-corrected chi connectivity index (χ1v) is 5.87. The van der Waals surface area contributed by atoms with Gasteiger partial charge in [0.25, 0.3) is 0 Å². The SMILES string of the molecule is Cc1ccccc1C1(C(C)(C)CN)COC1. The van der Waals surface area contributed by atoms with Crippen molar-refractivity contribution in [2.45, 2.75) is 26.2 Å². The minimum Gasteiger partial charge on any atom is -0.379 e. The molecule has 1 fully saturated rings. The average molecular weight is 219 g/mol. The molecule has 0 atom stereocenters. The van der Waals surface area contributed by atoms with Crippen molar-refractivity contribution in [2.24, 2.45) is 11.1 Å². The summed E-state index contributed by atoms with van der Waals surface area (Å²) in [4.78, 5) is 0. The summed E-state index contributed by atoms with van der Waals surface area (Å²) in [7, 11) is 0. The topological polar surface area (TPSA) is 35.2 Å². The molecule has 1 aliphatic rings. The lowest BCUT2D eigenvalue weighted by Crippen LogP contribution is -2.59. The van der Waals surface area contributed by atoms with Gasteiger partial charge in [0.1, 0.15) is 0 Å². The summed E-state index contributed by atoms with van der Waals surface area (Å²) in [6.07, 6.45) is 0. The quantitative estimate of drug-likeness (QED) is 0.846. The zero-order chi connectivity index (χ0) is 11.8. The molecule has 0 radical (unpaired) electrons. The van der Waals surface area contributed by atoms with Crippen molar-refractivity contribution in [3.63, 3.8) is 0 Å². The van der Waals surface area contributed by atoms with Gasteiger partial charge in [0, 0.05) is 5.41 Å². The van der Waals surface area contributed by atoms with Crippen LogP contribution in [0.25, 0.3) is 0 Å². The van der Waals surface area contributed by atoms with Crippen LogP contribution in [-0.4, -0.2) is 19.8 Å². The number of rotatable bonds is 3. The van der Waals surface area contributed by atoms with E-state index >= 15 is 0 Å². The number of ether oxygens (including phenoxy) is 1. The van der Waals surface area contributed by atoms with Crippen LogP contribution in [0.1, 0.15) is 25.0 Å². The molecular weight excluding hydrogens is 198 g/mol. The number of benzene rings is 1. The van der Waals surface area contributed by atoms with Gasteiger partial charge >= 0.3 is 0 Å². The van der Waals surface area contributed by atoms with Crippen molar-refractivity contribution in [2.75, 3.05) is 19.8 Å². The lowest BCUT2D eigenvalue weighted by molar-refractivity contribution is -0.116. The molecule has 1 aromatic rings. The van der Waals surface area contributed by atoms with Crippen molar-refractivity contribution in [3.8, 4) is 0 Å². The minimum atomic E-state index is 0.0807. The number of hydrogen-bond donors (Lipinski definition) is 1. The van der Waals surface area contributed by atoms with Crippen LogP contribution in [0.4, 0.5) is 0 Å². The average Bonchev–Trinajstić information content (AvgIpc) is 2.19. The predicted molar refractivity (Wildman–Crippen MR) is 66.5 cm³/mol. The van der Waals surface area contributed by atoms with Crippen LogP contribution < -0.4 is 5.73 Å². The third-order valence-electron chi connectivity index (χ3n) is 4.16. The van der Waals surface area contributed by atoms with Crippen LogP contribution in [0, 0.1) is 12.3 Å². The summed E-state index contributed by atoms with van der Waals surface area (Å²) >= 11 is 0. The molecule has 2 N–H and O–H groups in total. The van der Waals surface area contributed by atoms with Gasteiger partial charge in [-0.1, -0.05) is 38.1 Å². The molecular formula is C14H21NO. The summed E-state index contributed by atoms with van der Waals surface area (Å²) in [5.74, 6) is 0. The largest absolute Gasteiger partial charge is 0.379 e. The smallest absolute Gasteiger partial charge is 0.0591 e. The lowest BCUT2D eigenvalue weighted by atomic mass is 9.59. The van der Waals surface area contributed by atoms with Crippen LogP contribution >= 0.6 is 0 Å². The number of hydrogen-bond acceptors (Lipinski definition) is 2. The highest BCUT2D eigenvalue weighted by Crippen LogP contribution is 2.47. The zero-order valence-electron chi connectivity index (χ0n) is 10.4. The van der Waals surface area contributed by atoms with Gasteiger partial charge in [-0.2, -0.15) is 0 Å². The van der Waals surface area contributed by atoms with E-state index in [0.717, 1.165) is 13.2 Å². The summed E-state index contributed by atoms with van der Waals surface area (Å²) in [5.41, 5.74) is 8.86. The first kappa shape index (κ1) is 11.6. The van der Waals surface area contributed by atoms with Gasteiger partial charge < -0.3 is 10.5 Å². The van der Waals surface area contributed by atoms with Crippen molar-refractivity contribution >= 4 is 0 Å². The second kappa shape index (κ2) is 3.86. The molecule has 2 nitrogen and oxygen atoms in total. The summed E-state index contributed by atoms with van der Waals surface area (Å²) < 4.78 is 5.48. The summed E-state index contributed by atoms with van der Waals surface area (Å²) in [6.45, 7) is 8.92. The Morgan fingerprint density at radius 1 is 1.31 bits per heavy atom. The highest BCUT2D eigenvalue weighted by Gasteiger charge is 2.51. The Labute approximate surface area is 97.8 Å². The zero-order valence-corrected chi connectivity index (χ0v) is 10.4. The van der Waals surface area contributed by atoms with E-state index in [4.69, 9.17) is 10.5 Å². The monoisotopic (exact) mass is 219 g/mol. The third kappa shape index (κ3) is 1.48. The third-order valence-corrected chi connectivity index (χ3v) is 4.16. The molecule has 1 aromatic carbocycles. The molecule has 0 saturated carbocycles. The molecule has 16 heavy (non-hydrogen) atoms. The van der Waals surface area contributed by atoms with Crippen molar-refractivity contribution < 1.29 is 4.74 Å². The van der Waals surface area contributed by atoms with Crippen LogP contribution in [0.2, 0.25) is 0 Å². The molecule has 1 aliphatic heterocycles. The molecule has 2 rings (SSSR count). The summed E-state index contributed by atoms with van der Waals surface area (Å²) in [5, 5.41) is 0. The van der Waals surface area contributed by atoms with Crippen LogP contribution in [-0.2, 0) is 10.2 Å². The Morgan fingerprint density at radius 2 is 1.94 bits per heavy atom. The fourth-order valence-electron chi connectivity index (χ4n) is 2.52. The molecule has 1 saturated heterocycles. The van der Waals surface area contributed by atoms with Crippen molar-refractivity contribution in [3.05, 3.63) is 35.4 Å². The van der Waals surface area contributed by atoms with E-state index in [9.17, 15) is 0 Å². The minimum absolute atomic E-state index is 0.0807. The molecule has 2 heteroatoms. The highest BCUT2D eigenvalue weighted by molar-refractivity contribution is 5.37. The van der Waals surface area contributed by atoms with E-state index in [1.54, 1.807) is 0 Å². The van der Waals surface area contributed by atoms with Crippen LogP contribution in [0.3, 0.4) is 0 Å². The fraction of sp³-hybridized carbons (Fsp3) is 0.571. The first-order valence-electron chi connectivity index (χ1n) is 5.87. The second-order valence-corrected chi connectivity index (χ2v) is 5.48. The van der Waals surface area contributed by atoms with Crippen molar-refractivity contribution in [1.82, 2.24) is 0 Å². The van der Waals surface area contributed by atoms with Gasteiger partial charge in [-0.25, -0.2) is 0 Å². The second-order valence-electron chi connectivity index (χ2n) is 5.48. The van der Waals surface area contributed by atoms with Gasteiger partial charge in [-0.05, 0) is 30.0 Å². The highest BCUT2D eigenvalue weighted by atomic mass is 16.5. The van der Waals surface area contributed by atoms with Gasteiger partial charge in [0.15, 0.2) is 0 Å². The van der Waals surface area contributed by atoms with E-state index in [0.29, 0.717) is 6.54 Å². The maximum absolute atomic E-state index is 5.93. The maximum Gasteiger partial charge on any atom is 0.0591 e. The van der Waals surface area contributed by atoms with Crippen LogP contribution in [0.5, 0.6) is 0 Å². The van der Waals surface area contributed by atoms with Gasteiger partial charge in [-0.15, -0.1) is 0 Å². The lowest BCUT2D eigenvalue weighted by Gasteiger charge is -2.53. The van der Waals surface area contributed by atoms with Crippen molar-refractivity contribution in [1.29, 1.82) is 0 Å². The fourth-order valence-corrected chi connectivity index (χ4v) is 2.52. The van der Waals surface area contributed by atoms with Gasteiger partial charge in [-0.3, -0.25) is 0 Å².